The zero-order valence-corrected chi connectivity index (χ0v) is 10.7. The first-order valence-electron chi connectivity index (χ1n) is 5.00. The minimum Gasteiger partial charge on any atom is -0.320 e. The average Bonchev–Trinajstić information content (AvgIpc) is 2.78. The lowest BCUT2D eigenvalue weighted by Gasteiger charge is -2.20. The van der Waals surface area contributed by atoms with E-state index in [0.717, 1.165) is 10.0 Å². The summed E-state index contributed by atoms with van der Waals surface area (Å²) in [7, 11) is 0. The van der Waals surface area contributed by atoms with Crippen molar-refractivity contribution in [1.29, 1.82) is 0 Å². The van der Waals surface area contributed by atoms with Gasteiger partial charge in [0.25, 0.3) is 5.91 Å². The number of hydrogen-bond acceptors (Lipinski definition) is 1. The van der Waals surface area contributed by atoms with Crippen molar-refractivity contribution in [3.05, 3.63) is 34.3 Å². The van der Waals surface area contributed by atoms with Gasteiger partial charge in [0.1, 0.15) is 6.04 Å². The van der Waals surface area contributed by atoms with E-state index in [-0.39, 0.29) is 17.5 Å². The molecule has 0 radical (unpaired) electrons. The maximum absolute atomic E-state index is 11.7. The zero-order chi connectivity index (χ0) is 11.2. The van der Waals surface area contributed by atoms with Crippen molar-refractivity contribution in [2.24, 2.45) is 0 Å². The quantitative estimate of drug-likeness (QED) is 0.716. The van der Waals surface area contributed by atoms with Crippen molar-refractivity contribution in [2.45, 2.75) is 32.4 Å². The largest absolute Gasteiger partial charge is 0.320 e. The summed E-state index contributed by atoms with van der Waals surface area (Å²) in [6.07, 6.45) is 0. The summed E-state index contributed by atoms with van der Waals surface area (Å²) in [5.41, 5.74) is 1.01. The number of hydrogen-bond donors (Lipinski definition) is 0. The van der Waals surface area contributed by atoms with E-state index in [0.29, 0.717) is 0 Å². The molecule has 0 N–H and O–H groups in total. The van der Waals surface area contributed by atoms with Crippen LogP contribution in [0.3, 0.4) is 0 Å². The molecule has 1 unspecified atom stereocenters. The fourth-order valence-electron chi connectivity index (χ4n) is 1.83. The molecule has 1 aliphatic rings. The fraction of sp³-hybridized carbons (Fsp3) is 0.417. The lowest BCUT2D eigenvalue weighted by Crippen LogP contribution is -2.26. The van der Waals surface area contributed by atoms with Crippen molar-refractivity contribution in [2.75, 3.05) is 0 Å². The summed E-state index contributed by atoms with van der Waals surface area (Å²) in [6.45, 7) is 6.18. The monoisotopic (exact) mass is 267 g/mol. The van der Waals surface area contributed by atoms with Crippen molar-refractivity contribution >= 4 is 21.8 Å². The first kappa shape index (κ1) is 10.7. The molecule has 80 valence electrons. The SMILES string of the molecule is CC(C)(C)N1C(=O)C1c1ccc(Br)cc1. The van der Waals surface area contributed by atoms with E-state index >= 15 is 0 Å². The van der Waals surface area contributed by atoms with Gasteiger partial charge in [-0.05, 0) is 38.5 Å². The first-order valence-corrected chi connectivity index (χ1v) is 5.79. The van der Waals surface area contributed by atoms with Crippen LogP contribution in [0, 0.1) is 0 Å². The molecular weight excluding hydrogens is 254 g/mol. The molecule has 3 heteroatoms. The van der Waals surface area contributed by atoms with Crippen LogP contribution in [-0.2, 0) is 4.79 Å². The summed E-state index contributed by atoms with van der Waals surface area (Å²) < 4.78 is 1.04. The molecule has 1 amide bonds. The van der Waals surface area contributed by atoms with Crippen LogP contribution in [0.5, 0.6) is 0 Å². The minimum absolute atomic E-state index is 0.0295. The zero-order valence-electron chi connectivity index (χ0n) is 9.12. The summed E-state index contributed by atoms with van der Waals surface area (Å²) in [6, 6.07) is 7.92. The van der Waals surface area contributed by atoms with E-state index in [9.17, 15) is 4.79 Å². The Bertz CT molecular complexity index is 391. The maximum Gasteiger partial charge on any atom is 0.251 e. The molecule has 2 rings (SSSR count). The van der Waals surface area contributed by atoms with Crippen molar-refractivity contribution in [1.82, 2.24) is 4.90 Å². The van der Waals surface area contributed by atoms with E-state index in [2.05, 4.69) is 36.7 Å². The molecule has 15 heavy (non-hydrogen) atoms. The molecule has 0 aliphatic carbocycles. The smallest absolute Gasteiger partial charge is 0.251 e. The fourth-order valence-corrected chi connectivity index (χ4v) is 2.10. The Kier molecular flexibility index (Phi) is 2.38. The standard InChI is InChI=1S/C12H14BrNO/c1-12(2,3)14-10(11(14)15)8-4-6-9(13)7-5-8/h4-7,10H,1-3H3. The number of nitrogens with zero attached hydrogens (tertiary/aromatic N) is 1. The van der Waals surface area contributed by atoms with Crippen LogP contribution in [0.25, 0.3) is 0 Å². The Morgan fingerprint density at radius 1 is 1.20 bits per heavy atom. The number of carbonyl (C=O) groups excluding carboxylic acids is 1. The van der Waals surface area contributed by atoms with Crippen LogP contribution < -0.4 is 0 Å². The van der Waals surface area contributed by atoms with E-state index in [1.165, 1.54) is 0 Å². The van der Waals surface area contributed by atoms with Crippen LogP contribution in [0.15, 0.2) is 28.7 Å². The van der Waals surface area contributed by atoms with Gasteiger partial charge in [-0.25, -0.2) is 0 Å². The van der Waals surface area contributed by atoms with Crippen molar-refractivity contribution in [3.8, 4) is 0 Å². The second kappa shape index (κ2) is 3.34. The van der Waals surface area contributed by atoms with Gasteiger partial charge in [-0.15, -0.1) is 0 Å². The van der Waals surface area contributed by atoms with Crippen molar-refractivity contribution < 1.29 is 4.79 Å². The molecular formula is C12H14BrNO. The Labute approximate surface area is 98.4 Å². The lowest BCUT2D eigenvalue weighted by atomic mass is 10.1. The molecule has 0 saturated carbocycles. The maximum atomic E-state index is 11.7. The Morgan fingerprint density at radius 3 is 2.13 bits per heavy atom. The van der Waals surface area contributed by atoms with E-state index in [1.807, 2.05) is 29.2 Å². The van der Waals surface area contributed by atoms with Crippen LogP contribution >= 0.6 is 15.9 Å². The predicted octanol–water partition coefficient (Wildman–Crippen LogP) is 3.13. The Hall–Kier alpha value is -0.830. The van der Waals surface area contributed by atoms with E-state index < -0.39 is 0 Å². The van der Waals surface area contributed by atoms with Gasteiger partial charge in [-0.2, -0.15) is 0 Å². The molecule has 1 saturated heterocycles. The average molecular weight is 268 g/mol. The van der Waals surface area contributed by atoms with E-state index in [1.54, 1.807) is 0 Å². The molecule has 0 spiro atoms. The van der Waals surface area contributed by atoms with Crippen molar-refractivity contribution in [3.63, 3.8) is 0 Å². The van der Waals surface area contributed by atoms with Gasteiger partial charge in [0.2, 0.25) is 0 Å². The number of carbonyl (C=O) groups is 1. The molecule has 2 nitrogen and oxygen atoms in total. The van der Waals surface area contributed by atoms with Gasteiger partial charge >= 0.3 is 0 Å². The topological polar surface area (TPSA) is 20.1 Å². The van der Waals surface area contributed by atoms with E-state index in [4.69, 9.17) is 0 Å². The summed E-state index contributed by atoms with van der Waals surface area (Å²) in [5.74, 6) is 0.227. The van der Waals surface area contributed by atoms with Gasteiger partial charge < -0.3 is 4.90 Å². The highest BCUT2D eigenvalue weighted by atomic mass is 79.9. The minimum atomic E-state index is -0.0746. The second-order valence-electron chi connectivity index (χ2n) is 4.83. The highest BCUT2D eigenvalue weighted by Crippen LogP contribution is 2.42. The molecule has 0 bridgehead atoms. The highest BCUT2D eigenvalue weighted by molar-refractivity contribution is 9.10. The van der Waals surface area contributed by atoms with Gasteiger partial charge in [0.05, 0.1) is 0 Å². The van der Waals surface area contributed by atoms with Crippen LogP contribution in [-0.4, -0.2) is 16.3 Å². The van der Waals surface area contributed by atoms with Gasteiger partial charge in [-0.3, -0.25) is 4.79 Å². The number of halogens is 1. The van der Waals surface area contributed by atoms with Gasteiger partial charge in [0, 0.05) is 10.0 Å². The lowest BCUT2D eigenvalue weighted by molar-refractivity contribution is -0.115. The van der Waals surface area contributed by atoms with Gasteiger partial charge in [-0.1, -0.05) is 28.1 Å². The molecule has 1 aliphatic heterocycles. The number of benzene rings is 1. The molecule has 1 aromatic rings. The van der Waals surface area contributed by atoms with Crippen LogP contribution in [0.2, 0.25) is 0 Å². The molecule has 0 aromatic heterocycles. The summed E-state index contributed by atoms with van der Waals surface area (Å²) in [4.78, 5) is 13.6. The summed E-state index contributed by atoms with van der Waals surface area (Å²) in [5, 5.41) is 0. The third kappa shape index (κ3) is 1.93. The van der Waals surface area contributed by atoms with Crippen LogP contribution in [0.4, 0.5) is 0 Å². The first-order chi connectivity index (χ1) is 6.91. The predicted molar refractivity (Wildman–Crippen MR) is 63.5 cm³/mol. The normalized spacial score (nSPS) is 20.7. The summed E-state index contributed by atoms with van der Waals surface area (Å²) >= 11 is 3.39. The molecule has 1 fully saturated rings. The molecule has 1 atom stereocenters. The third-order valence-electron chi connectivity index (χ3n) is 2.57. The van der Waals surface area contributed by atoms with Crippen LogP contribution in [0.1, 0.15) is 32.4 Å². The molecule has 1 heterocycles. The number of amides is 1. The highest BCUT2D eigenvalue weighted by Gasteiger charge is 2.52. The molecule has 1 aromatic carbocycles. The Balaban J connectivity index is 2.22. The Morgan fingerprint density at radius 2 is 1.73 bits per heavy atom. The number of rotatable bonds is 1. The van der Waals surface area contributed by atoms with Gasteiger partial charge in [0.15, 0.2) is 0 Å². The second-order valence-corrected chi connectivity index (χ2v) is 5.75. The third-order valence-corrected chi connectivity index (χ3v) is 3.10.